The molecule has 0 aromatic heterocycles. The van der Waals surface area contributed by atoms with E-state index < -0.39 is 19.8 Å². The molecule has 0 aromatic rings. The van der Waals surface area contributed by atoms with Gasteiger partial charge in [-0.25, -0.2) is 4.57 Å². The minimum Gasteiger partial charge on any atom is -0.480 e. The number of carboxylic acid groups (broad SMARTS) is 1. The summed E-state index contributed by atoms with van der Waals surface area (Å²) in [6.07, 6.45) is 0.456. The normalized spacial score (nSPS) is 22.6. The van der Waals surface area contributed by atoms with Gasteiger partial charge in [-0.3, -0.25) is 14.2 Å². The van der Waals surface area contributed by atoms with Crippen LogP contribution in [0.5, 0.6) is 0 Å². The van der Waals surface area contributed by atoms with E-state index in [-0.39, 0.29) is 6.61 Å². The molecule has 9 heteroatoms. The van der Waals surface area contributed by atoms with Crippen LogP contribution in [0.3, 0.4) is 0 Å². The zero-order valence-corrected chi connectivity index (χ0v) is 10.2. The van der Waals surface area contributed by atoms with Gasteiger partial charge in [-0.15, -0.1) is 0 Å². The molecule has 0 spiro atoms. The maximum Gasteiger partial charge on any atom is 0.469 e. The number of aliphatic carboxylic acids is 1. The highest BCUT2D eigenvalue weighted by atomic mass is 31.2. The Bertz CT molecular complexity index is 306. The van der Waals surface area contributed by atoms with Crippen LogP contribution in [0, 0.1) is 0 Å². The molecular formula is C8H17N2O6P. The van der Waals surface area contributed by atoms with Crippen LogP contribution in [-0.2, 0) is 13.9 Å². The van der Waals surface area contributed by atoms with Crippen LogP contribution >= 0.6 is 7.82 Å². The molecule has 100 valence electrons. The second-order valence-corrected chi connectivity index (χ2v) is 5.06. The zero-order valence-electron chi connectivity index (χ0n) is 9.28. The van der Waals surface area contributed by atoms with Crippen LogP contribution in [-0.4, -0.2) is 64.6 Å². The number of phosphoric ester groups is 1. The molecule has 0 unspecified atom stereocenters. The molecule has 8 nitrogen and oxygen atoms in total. The molecule has 1 fully saturated rings. The van der Waals surface area contributed by atoms with Crippen LogP contribution in [0.1, 0.15) is 6.42 Å². The third-order valence-corrected chi connectivity index (χ3v) is 2.95. The van der Waals surface area contributed by atoms with E-state index in [0.717, 1.165) is 6.54 Å². The fraction of sp³-hybridized carbons (Fsp3) is 0.875. The van der Waals surface area contributed by atoms with E-state index in [1.165, 1.54) is 0 Å². The summed E-state index contributed by atoms with van der Waals surface area (Å²) in [6.45, 7) is 2.23. The largest absolute Gasteiger partial charge is 0.480 e. The lowest BCUT2D eigenvalue weighted by Gasteiger charge is -2.31. The molecule has 1 aliphatic heterocycles. The quantitative estimate of drug-likeness (QED) is 0.352. The first-order valence-corrected chi connectivity index (χ1v) is 6.80. The minimum atomic E-state index is -4.39. The molecule has 0 aromatic carbocycles. The fourth-order valence-electron chi connectivity index (χ4n) is 1.65. The smallest absolute Gasteiger partial charge is 0.469 e. The molecule has 0 saturated carbocycles. The Kier molecular flexibility index (Phi) is 5.51. The molecular weight excluding hydrogens is 251 g/mol. The fourth-order valence-corrected chi connectivity index (χ4v) is 2.02. The Hall–Kier alpha value is -0.500. The van der Waals surface area contributed by atoms with E-state index in [1.54, 1.807) is 0 Å². The Morgan fingerprint density at radius 3 is 2.82 bits per heavy atom. The van der Waals surface area contributed by atoms with Gasteiger partial charge in [0.15, 0.2) is 0 Å². The van der Waals surface area contributed by atoms with Gasteiger partial charge in [0, 0.05) is 26.2 Å². The summed E-state index contributed by atoms with van der Waals surface area (Å²) in [4.78, 5) is 29.6. The van der Waals surface area contributed by atoms with Gasteiger partial charge in [-0.2, -0.15) is 0 Å². The molecule has 1 aliphatic rings. The van der Waals surface area contributed by atoms with E-state index in [4.69, 9.17) is 14.9 Å². The third-order valence-electron chi connectivity index (χ3n) is 2.44. The SMILES string of the molecule is O=C(O)[C@H]1CN(CCCOP(=O)(O)O)CCN1. The van der Waals surface area contributed by atoms with E-state index >= 15 is 0 Å². The monoisotopic (exact) mass is 268 g/mol. The van der Waals surface area contributed by atoms with E-state index in [2.05, 4.69) is 9.84 Å². The first-order valence-electron chi connectivity index (χ1n) is 5.27. The molecule has 1 saturated heterocycles. The first kappa shape index (κ1) is 14.6. The molecule has 1 rings (SSSR count). The van der Waals surface area contributed by atoms with Gasteiger partial charge in [0.05, 0.1) is 6.61 Å². The topological polar surface area (TPSA) is 119 Å². The van der Waals surface area contributed by atoms with Crippen LogP contribution in [0.15, 0.2) is 0 Å². The van der Waals surface area contributed by atoms with Crippen molar-refractivity contribution in [2.24, 2.45) is 0 Å². The lowest BCUT2D eigenvalue weighted by molar-refractivity contribution is -0.140. The number of piperazine rings is 1. The minimum absolute atomic E-state index is 0.0358. The van der Waals surface area contributed by atoms with E-state index in [9.17, 15) is 9.36 Å². The number of hydrogen-bond acceptors (Lipinski definition) is 5. The van der Waals surface area contributed by atoms with Gasteiger partial charge in [-0.05, 0) is 6.42 Å². The maximum atomic E-state index is 10.7. The summed E-state index contributed by atoms with van der Waals surface area (Å²) in [7, 11) is -4.39. The second-order valence-electron chi connectivity index (χ2n) is 3.82. The molecule has 0 radical (unpaired) electrons. The Morgan fingerprint density at radius 2 is 2.24 bits per heavy atom. The second kappa shape index (κ2) is 6.44. The summed E-state index contributed by atoms with van der Waals surface area (Å²) >= 11 is 0. The van der Waals surface area contributed by atoms with Crippen molar-refractivity contribution in [3.8, 4) is 0 Å². The van der Waals surface area contributed by atoms with Crippen molar-refractivity contribution >= 4 is 13.8 Å². The van der Waals surface area contributed by atoms with Gasteiger partial charge in [-0.1, -0.05) is 0 Å². The van der Waals surface area contributed by atoms with Gasteiger partial charge < -0.3 is 20.2 Å². The lowest BCUT2D eigenvalue weighted by atomic mass is 10.2. The van der Waals surface area contributed by atoms with Gasteiger partial charge in [0.1, 0.15) is 6.04 Å². The van der Waals surface area contributed by atoms with Crippen molar-refractivity contribution in [3.63, 3.8) is 0 Å². The Morgan fingerprint density at radius 1 is 1.53 bits per heavy atom. The summed E-state index contributed by atoms with van der Waals surface area (Å²) < 4.78 is 14.7. The van der Waals surface area contributed by atoms with Gasteiger partial charge in [0.25, 0.3) is 0 Å². The number of nitrogens with one attached hydrogen (secondary N) is 1. The third kappa shape index (κ3) is 6.11. The number of phosphoric acid groups is 1. The van der Waals surface area contributed by atoms with E-state index in [0.29, 0.717) is 26.1 Å². The van der Waals surface area contributed by atoms with E-state index in [1.807, 2.05) is 4.90 Å². The predicted molar refractivity (Wildman–Crippen MR) is 58.5 cm³/mol. The number of carbonyl (C=O) groups is 1. The molecule has 4 N–H and O–H groups in total. The standard InChI is InChI=1S/C8H17N2O6P/c11-8(12)7-6-10(4-2-9-7)3-1-5-16-17(13,14)15/h7,9H,1-6H2,(H,11,12)(H2,13,14,15)/t7-/m1/s1. The van der Waals surface area contributed by atoms with Crippen molar-refractivity contribution in [2.75, 3.05) is 32.8 Å². The maximum absolute atomic E-state index is 10.7. The van der Waals surface area contributed by atoms with Crippen molar-refractivity contribution < 1.29 is 28.8 Å². The van der Waals surface area contributed by atoms with Gasteiger partial charge in [0.2, 0.25) is 0 Å². The number of carboxylic acids is 1. The van der Waals surface area contributed by atoms with Crippen LogP contribution in [0.2, 0.25) is 0 Å². The van der Waals surface area contributed by atoms with Crippen molar-refractivity contribution in [1.29, 1.82) is 0 Å². The van der Waals surface area contributed by atoms with Crippen molar-refractivity contribution in [1.82, 2.24) is 10.2 Å². The zero-order chi connectivity index (χ0) is 12.9. The molecule has 0 amide bonds. The Balaban J connectivity index is 2.19. The highest BCUT2D eigenvalue weighted by Crippen LogP contribution is 2.35. The number of nitrogens with zero attached hydrogens (tertiary/aromatic N) is 1. The average Bonchev–Trinajstić information content (AvgIpc) is 2.23. The van der Waals surface area contributed by atoms with Crippen molar-refractivity contribution in [3.05, 3.63) is 0 Å². The summed E-state index contributed by atoms with van der Waals surface area (Å²) in [5.41, 5.74) is 0. The molecule has 17 heavy (non-hydrogen) atoms. The molecule has 1 heterocycles. The highest BCUT2D eigenvalue weighted by molar-refractivity contribution is 7.46. The summed E-state index contributed by atoms with van der Waals surface area (Å²) in [6, 6.07) is -0.577. The Labute approximate surface area is 98.8 Å². The molecule has 0 aliphatic carbocycles. The molecule has 0 bridgehead atoms. The highest BCUT2D eigenvalue weighted by Gasteiger charge is 2.24. The average molecular weight is 268 g/mol. The summed E-state index contributed by atoms with van der Waals surface area (Å²) in [5.74, 6) is -0.888. The van der Waals surface area contributed by atoms with Crippen LogP contribution in [0.25, 0.3) is 0 Å². The van der Waals surface area contributed by atoms with Gasteiger partial charge >= 0.3 is 13.8 Å². The summed E-state index contributed by atoms with van der Waals surface area (Å²) in [5, 5.41) is 11.7. The van der Waals surface area contributed by atoms with Crippen LogP contribution < -0.4 is 5.32 Å². The molecule has 1 atom stereocenters. The lowest BCUT2D eigenvalue weighted by Crippen LogP contribution is -2.54. The van der Waals surface area contributed by atoms with Crippen LogP contribution in [0.4, 0.5) is 0 Å². The predicted octanol–water partition coefficient (Wildman–Crippen LogP) is -1.16. The number of hydrogen-bond donors (Lipinski definition) is 4. The van der Waals surface area contributed by atoms with Crippen molar-refractivity contribution in [2.45, 2.75) is 12.5 Å². The number of rotatable bonds is 6. The first-order chi connectivity index (χ1) is 7.88.